The van der Waals surface area contributed by atoms with E-state index in [0.29, 0.717) is 49.0 Å². The van der Waals surface area contributed by atoms with E-state index in [4.69, 9.17) is 0 Å². The molecule has 0 spiro atoms. The molecule has 2 heterocycles. The van der Waals surface area contributed by atoms with Crippen LogP contribution < -0.4 is 9.80 Å². The number of hydrogen-bond donors (Lipinski definition) is 1. The van der Waals surface area contributed by atoms with Gasteiger partial charge >= 0.3 is 5.97 Å². The molecule has 3 aliphatic carbocycles. The minimum Gasteiger partial charge on any atom is -0.478 e. The highest BCUT2D eigenvalue weighted by Crippen LogP contribution is 2.38. The molecule has 3 aliphatic rings. The van der Waals surface area contributed by atoms with Crippen LogP contribution in [0.1, 0.15) is 144 Å². The van der Waals surface area contributed by atoms with Crippen LogP contribution in [-0.4, -0.2) is 96.9 Å². The number of hydrogen-bond acceptors (Lipinski definition) is 9. The molecule has 2 aromatic rings. The van der Waals surface area contributed by atoms with Gasteiger partial charge in [0.15, 0.2) is 11.6 Å². The summed E-state index contributed by atoms with van der Waals surface area (Å²) in [5.41, 5.74) is 6.31. The second kappa shape index (κ2) is 20.4. The van der Waals surface area contributed by atoms with Crippen molar-refractivity contribution >= 4 is 50.2 Å². The molecule has 54 heavy (non-hydrogen) atoms. The third-order valence-electron chi connectivity index (χ3n) is 12.5. The summed E-state index contributed by atoms with van der Waals surface area (Å²) in [7, 11) is 4.45. The van der Waals surface area contributed by atoms with Crippen LogP contribution in [0.5, 0.6) is 0 Å². The minimum atomic E-state index is -0.815. The zero-order valence-electron chi connectivity index (χ0n) is 34.9. The van der Waals surface area contributed by atoms with Crippen LogP contribution in [0.25, 0.3) is 0 Å². The number of rotatable bonds is 15. The van der Waals surface area contributed by atoms with Crippen molar-refractivity contribution in [3.8, 4) is 0 Å². The van der Waals surface area contributed by atoms with Gasteiger partial charge in [-0.05, 0) is 149 Å². The van der Waals surface area contributed by atoms with Gasteiger partial charge in [0.2, 0.25) is 0 Å². The molecule has 0 aromatic carbocycles. The number of carbonyl (C=O) groups excluding carboxylic acids is 2. The lowest BCUT2D eigenvalue weighted by molar-refractivity contribution is -0.115. The first-order valence-electron chi connectivity index (χ1n) is 20.5. The highest BCUT2D eigenvalue weighted by atomic mass is 32.1. The number of carbonyl (C=O) groups is 3. The average Bonchev–Trinajstić information content (AvgIpc) is 3.74. The van der Waals surface area contributed by atoms with Crippen molar-refractivity contribution in [2.24, 2.45) is 0 Å². The van der Waals surface area contributed by atoms with Gasteiger partial charge in [-0.2, -0.15) is 0 Å². The summed E-state index contributed by atoms with van der Waals surface area (Å²) in [6.45, 7) is 21.0. The van der Waals surface area contributed by atoms with Gasteiger partial charge in [-0.15, -0.1) is 22.7 Å². The maximum Gasteiger partial charge on any atom is 0.336 e. The fraction of sp³-hybridized carbons (Fsp3) is 0.659. The number of carboxylic acids is 1. The van der Waals surface area contributed by atoms with Crippen molar-refractivity contribution in [2.75, 3.05) is 50.1 Å². The SMILES string of the molecule is CCN(C)C1CCC(N(CC)c2scc(C(=O)CCC3=C(C)C=C(C)CC3=O)c2C)CC1.CCN(C)C1CCC(N(CC)c2scc(C(=O)O)c2C)CC1. The Labute approximate surface area is 334 Å². The van der Waals surface area contributed by atoms with Crippen LogP contribution in [0, 0.1) is 13.8 Å². The molecule has 8 nitrogen and oxygen atoms in total. The number of Topliss-reactive ketones (excluding diaryl/α,β-unsaturated/α-hetero) is 2. The second-order valence-electron chi connectivity index (χ2n) is 15.8. The fourth-order valence-electron chi connectivity index (χ4n) is 8.94. The first-order valence-corrected chi connectivity index (χ1v) is 22.3. The number of anilines is 2. The molecular formula is C44H68N4O4S2. The zero-order valence-corrected chi connectivity index (χ0v) is 36.6. The van der Waals surface area contributed by atoms with Gasteiger partial charge in [-0.3, -0.25) is 9.59 Å². The Morgan fingerprint density at radius 2 is 1.11 bits per heavy atom. The van der Waals surface area contributed by atoms with Gasteiger partial charge in [0.1, 0.15) is 0 Å². The normalized spacial score (nSPS) is 21.9. The molecule has 0 unspecified atom stereocenters. The van der Waals surface area contributed by atoms with E-state index in [0.717, 1.165) is 64.6 Å². The average molecular weight is 781 g/mol. The number of nitrogens with zero attached hydrogens (tertiary/aromatic N) is 4. The molecule has 10 heteroatoms. The molecule has 0 aliphatic heterocycles. The topological polar surface area (TPSA) is 84.4 Å². The fourth-order valence-corrected chi connectivity index (χ4v) is 11.4. The van der Waals surface area contributed by atoms with Gasteiger partial charge in [0, 0.05) is 66.4 Å². The van der Waals surface area contributed by atoms with Crippen molar-refractivity contribution in [1.29, 1.82) is 0 Å². The summed E-state index contributed by atoms with van der Waals surface area (Å²) in [6, 6.07) is 2.52. The van der Waals surface area contributed by atoms with Crippen molar-refractivity contribution in [3.63, 3.8) is 0 Å². The molecule has 2 fully saturated rings. The van der Waals surface area contributed by atoms with E-state index in [1.807, 2.05) is 26.2 Å². The molecule has 0 saturated heterocycles. The number of carboxylic acid groups (broad SMARTS) is 1. The van der Waals surface area contributed by atoms with Crippen LogP contribution in [0.4, 0.5) is 10.0 Å². The third-order valence-corrected chi connectivity index (χ3v) is 14.8. The highest BCUT2D eigenvalue weighted by Gasteiger charge is 2.31. The Balaban J connectivity index is 0.000000258. The minimum absolute atomic E-state index is 0.161. The van der Waals surface area contributed by atoms with E-state index < -0.39 is 5.97 Å². The monoisotopic (exact) mass is 780 g/mol. The predicted octanol–water partition coefficient (Wildman–Crippen LogP) is 10.2. The van der Waals surface area contributed by atoms with Crippen LogP contribution in [0.3, 0.4) is 0 Å². The van der Waals surface area contributed by atoms with Gasteiger partial charge in [0.05, 0.1) is 15.6 Å². The van der Waals surface area contributed by atoms with Gasteiger partial charge in [0.25, 0.3) is 0 Å². The Hall–Kier alpha value is -2.79. The van der Waals surface area contributed by atoms with E-state index in [9.17, 15) is 19.5 Å². The van der Waals surface area contributed by atoms with Crippen LogP contribution in [0.2, 0.25) is 0 Å². The van der Waals surface area contributed by atoms with E-state index in [-0.39, 0.29) is 11.6 Å². The van der Waals surface area contributed by atoms with Crippen molar-refractivity contribution in [3.05, 3.63) is 55.8 Å². The molecule has 0 radical (unpaired) electrons. The largest absolute Gasteiger partial charge is 0.478 e. The molecule has 5 rings (SSSR count). The molecule has 0 bridgehead atoms. The highest BCUT2D eigenvalue weighted by molar-refractivity contribution is 7.15. The van der Waals surface area contributed by atoms with Crippen molar-refractivity contribution < 1.29 is 19.5 Å². The molecule has 0 amide bonds. The van der Waals surface area contributed by atoms with E-state index >= 15 is 0 Å². The number of allylic oxidation sites excluding steroid dienone is 4. The molecule has 2 aromatic heterocycles. The predicted molar refractivity (Wildman–Crippen MR) is 229 cm³/mol. The quantitative estimate of drug-likeness (QED) is 0.179. The van der Waals surface area contributed by atoms with Gasteiger partial charge < -0.3 is 24.7 Å². The number of aromatic carboxylic acids is 1. The van der Waals surface area contributed by atoms with E-state index in [2.05, 4.69) is 74.4 Å². The first-order chi connectivity index (χ1) is 25.8. The number of thiophene rings is 2. The smallest absolute Gasteiger partial charge is 0.336 e. The first kappa shape index (κ1) is 43.9. The molecule has 1 N–H and O–H groups in total. The lowest BCUT2D eigenvalue weighted by Crippen LogP contribution is -2.43. The summed E-state index contributed by atoms with van der Waals surface area (Å²) < 4.78 is 0. The Kier molecular flexibility index (Phi) is 16.6. The van der Waals surface area contributed by atoms with Gasteiger partial charge in [-0.1, -0.05) is 25.5 Å². The van der Waals surface area contributed by atoms with Crippen LogP contribution >= 0.6 is 22.7 Å². The zero-order chi connectivity index (χ0) is 39.7. The lowest BCUT2D eigenvalue weighted by atomic mass is 9.88. The maximum atomic E-state index is 13.1. The van der Waals surface area contributed by atoms with Gasteiger partial charge in [-0.25, -0.2) is 4.79 Å². The van der Waals surface area contributed by atoms with Crippen LogP contribution in [0.15, 0.2) is 33.6 Å². The summed E-state index contributed by atoms with van der Waals surface area (Å²) >= 11 is 3.29. The summed E-state index contributed by atoms with van der Waals surface area (Å²) in [4.78, 5) is 46.6. The van der Waals surface area contributed by atoms with E-state index in [1.165, 1.54) is 56.4 Å². The summed E-state index contributed by atoms with van der Waals surface area (Å²) in [6.07, 6.45) is 13.3. The Morgan fingerprint density at radius 3 is 1.50 bits per heavy atom. The summed E-state index contributed by atoms with van der Waals surface area (Å²) in [5.74, 6) is -0.474. The maximum absolute atomic E-state index is 13.1. The van der Waals surface area contributed by atoms with Crippen molar-refractivity contribution in [2.45, 2.75) is 150 Å². The van der Waals surface area contributed by atoms with Crippen LogP contribution in [-0.2, 0) is 4.79 Å². The second-order valence-corrected chi connectivity index (χ2v) is 17.5. The third kappa shape index (κ3) is 10.5. The molecular weight excluding hydrogens is 713 g/mol. The summed E-state index contributed by atoms with van der Waals surface area (Å²) in [5, 5.41) is 15.5. The Bertz CT molecular complexity index is 1640. The number of ketones is 2. The lowest BCUT2D eigenvalue weighted by Gasteiger charge is -2.40. The molecule has 0 atom stereocenters. The van der Waals surface area contributed by atoms with Crippen molar-refractivity contribution in [1.82, 2.24) is 9.80 Å². The Morgan fingerprint density at radius 1 is 0.685 bits per heavy atom. The molecule has 2 saturated carbocycles. The molecule has 300 valence electrons. The standard InChI is InChI=1S/C27H40N2O2S.C17H28N2O2S/c1-7-28(6)21-9-11-22(12-10-21)29(8-2)27-20(5)24(17-32-27)25(30)14-13-23-19(4)15-18(3)16-26(23)31;1-5-18(4)13-7-9-14(10-8-13)19(6-2)16-12(3)15(11-22-16)17(20)21/h15,17,21-22H,7-14,16H2,1-6H3;11,13-14H,5-10H2,1-4H3,(H,20,21). The van der Waals surface area contributed by atoms with E-state index in [1.54, 1.807) is 28.1 Å².